The molecule has 0 aliphatic rings. The third-order valence-electron chi connectivity index (χ3n) is 4.10. The molecule has 20 heavy (non-hydrogen) atoms. The number of aryl methyl sites for hydroxylation is 3. The number of aromatic amines is 1. The van der Waals surface area contributed by atoms with Crippen molar-refractivity contribution >= 4 is 32.8 Å². The van der Waals surface area contributed by atoms with Crippen molar-refractivity contribution in [1.82, 2.24) is 9.97 Å². The van der Waals surface area contributed by atoms with Crippen molar-refractivity contribution in [1.29, 1.82) is 0 Å². The van der Waals surface area contributed by atoms with E-state index in [2.05, 4.69) is 62.2 Å². The first kappa shape index (κ1) is 11.5. The molecule has 0 radical (unpaired) electrons. The topological polar surface area (TPSA) is 28.7 Å². The zero-order chi connectivity index (χ0) is 13.9. The molecule has 4 rings (SSSR count). The van der Waals surface area contributed by atoms with Gasteiger partial charge in [0.2, 0.25) is 0 Å². The van der Waals surface area contributed by atoms with Gasteiger partial charge in [-0.3, -0.25) is 0 Å². The van der Waals surface area contributed by atoms with E-state index in [1.54, 1.807) is 0 Å². The fourth-order valence-corrected chi connectivity index (χ4v) is 3.07. The lowest BCUT2D eigenvalue weighted by molar-refractivity contribution is 1.37. The molecule has 0 bridgehead atoms. The first-order valence-electron chi connectivity index (χ1n) is 6.92. The smallest absolute Gasteiger partial charge is 0.139 e. The Hall–Kier alpha value is -2.35. The van der Waals surface area contributed by atoms with Crippen LogP contribution in [0.1, 0.15) is 16.7 Å². The van der Waals surface area contributed by atoms with Crippen molar-refractivity contribution in [3.63, 3.8) is 0 Å². The molecule has 2 nitrogen and oxygen atoms in total. The van der Waals surface area contributed by atoms with E-state index in [9.17, 15) is 0 Å². The van der Waals surface area contributed by atoms with Crippen LogP contribution in [0.3, 0.4) is 0 Å². The number of benzene rings is 2. The summed E-state index contributed by atoms with van der Waals surface area (Å²) in [6.45, 7) is 6.41. The molecule has 2 heteroatoms. The van der Waals surface area contributed by atoms with Crippen LogP contribution in [0.25, 0.3) is 32.8 Å². The van der Waals surface area contributed by atoms with Crippen LogP contribution in [0.5, 0.6) is 0 Å². The maximum Gasteiger partial charge on any atom is 0.139 e. The van der Waals surface area contributed by atoms with Crippen molar-refractivity contribution in [2.75, 3.05) is 0 Å². The van der Waals surface area contributed by atoms with Gasteiger partial charge < -0.3 is 4.98 Å². The van der Waals surface area contributed by atoms with Crippen molar-refractivity contribution in [2.24, 2.45) is 0 Å². The molecule has 2 aromatic carbocycles. The summed E-state index contributed by atoms with van der Waals surface area (Å²) in [4.78, 5) is 8.27. The average molecular weight is 260 g/mol. The first-order valence-corrected chi connectivity index (χ1v) is 6.92. The zero-order valence-electron chi connectivity index (χ0n) is 11.9. The van der Waals surface area contributed by atoms with Gasteiger partial charge in [-0.15, -0.1) is 0 Å². The van der Waals surface area contributed by atoms with E-state index >= 15 is 0 Å². The van der Waals surface area contributed by atoms with Gasteiger partial charge in [-0.1, -0.05) is 24.3 Å². The molecule has 2 heterocycles. The number of nitrogens with zero attached hydrogens (tertiary/aromatic N) is 1. The minimum atomic E-state index is 0.987. The Balaban J connectivity index is 2.26. The highest BCUT2D eigenvalue weighted by atomic mass is 14.9. The summed E-state index contributed by atoms with van der Waals surface area (Å²) in [5, 5.41) is 3.75. The Morgan fingerprint density at radius 2 is 1.55 bits per heavy atom. The molecule has 0 spiro atoms. The van der Waals surface area contributed by atoms with E-state index in [1.807, 2.05) is 0 Å². The van der Waals surface area contributed by atoms with Crippen LogP contribution in [0, 0.1) is 20.8 Å². The van der Waals surface area contributed by atoms with Crippen LogP contribution in [-0.4, -0.2) is 9.97 Å². The highest BCUT2D eigenvalue weighted by molar-refractivity contribution is 6.12. The van der Waals surface area contributed by atoms with E-state index in [-0.39, 0.29) is 0 Å². The Labute approximate surface area is 117 Å². The summed E-state index contributed by atoms with van der Waals surface area (Å²) in [5.41, 5.74) is 7.04. The number of hydrogen-bond acceptors (Lipinski definition) is 1. The zero-order valence-corrected chi connectivity index (χ0v) is 11.9. The highest BCUT2D eigenvalue weighted by Crippen LogP contribution is 2.32. The largest absolute Gasteiger partial charge is 0.339 e. The van der Waals surface area contributed by atoms with Gasteiger partial charge >= 0.3 is 0 Å². The number of rotatable bonds is 0. The second kappa shape index (κ2) is 3.83. The molecule has 2 aromatic heterocycles. The number of hydrogen-bond donors (Lipinski definition) is 1. The second-order valence-electron chi connectivity index (χ2n) is 5.66. The van der Waals surface area contributed by atoms with Crippen molar-refractivity contribution in [2.45, 2.75) is 20.8 Å². The monoisotopic (exact) mass is 260 g/mol. The minimum absolute atomic E-state index is 0.987. The van der Waals surface area contributed by atoms with Gasteiger partial charge in [0.25, 0.3) is 0 Å². The predicted molar refractivity (Wildman–Crippen MR) is 85.3 cm³/mol. The molecule has 0 aliphatic carbocycles. The van der Waals surface area contributed by atoms with E-state index in [1.165, 1.54) is 38.4 Å². The van der Waals surface area contributed by atoms with Crippen molar-refractivity contribution in [3.8, 4) is 0 Å². The molecule has 0 unspecified atom stereocenters. The van der Waals surface area contributed by atoms with Crippen LogP contribution in [0.15, 0.2) is 36.4 Å². The number of H-pyrrole nitrogens is 1. The normalized spacial score (nSPS) is 11.8. The fourth-order valence-electron chi connectivity index (χ4n) is 3.07. The Bertz CT molecular complexity index is 977. The lowest BCUT2D eigenvalue weighted by Crippen LogP contribution is -1.86. The van der Waals surface area contributed by atoms with Gasteiger partial charge in [-0.25, -0.2) is 4.98 Å². The lowest BCUT2D eigenvalue weighted by atomic mass is 10.0. The maximum atomic E-state index is 4.81. The number of aromatic nitrogens is 2. The Kier molecular flexibility index (Phi) is 2.19. The van der Waals surface area contributed by atoms with Gasteiger partial charge in [0, 0.05) is 21.7 Å². The molecular formula is C18H16N2. The first-order chi connectivity index (χ1) is 9.63. The number of pyridine rings is 1. The van der Waals surface area contributed by atoms with Gasteiger partial charge in [-0.2, -0.15) is 0 Å². The minimum Gasteiger partial charge on any atom is -0.339 e. The number of nitrogens with one attached hydrogen (secondary N) is 1. The van der Waals surface area contributed by atoms with Gasteiger partial charge in [0.05, 0.1) is 5.52 Å². The summed E-state index contributed by atoms with van der Waals surface area (Å²) in [7, 11) is 0. The van der Waals surface area contributed by atoms with Gasteiger partial charge in [0.1, 0.15) is 5.65 Å². The molecule has 0 saturated carbocycles. The summed E-state index contributed by atoms with van der Waals surface area (Å²) in [6.07, 6.45) is 0. The molecule has 4 aromatic rings. The third kappa shape index (κ3) is 1.48. The van der Waals surface area contributed by atoms with E-state index in [0.29, 0.717) is 0 Å². The van der Waals surface area contributed by atoms with E-state index < -0.39 is 0 Å². The number of fused-ring (bicyclic) bond motifs is 4. The summed E-state index contributed by atoms with van der Waals surface area (Å²) >= 11 is 0. The quantitative estimate of drug-likeness (QED) is 0.483. The molecule has 1 N–H and O–H groups in total. The van der Waals surface area contributed by atoms with Gasteiger partial charge in [0.15, 0.2) is 0 Å². The van der Waals surface area contributed by atoms with Crippen molar-refractivity contribution < 1.29 is 0 Å². The molecule has 0 fully saturated rings. The summed E-state index contributed by atoms with van der Waals surface area (Å²) in [6, 6.07) is 13.0. The molecule has 0 saturated heterocycles. The molecular weight excluding hydrogens is 244 g/mol. The SMILES string of the molecule is Cc1ccc2c(C)c3c(nc2c1)[nH]c1cc(C)ccc13. The molecule has 0 amide bonds. The Morgan fingerprint density at radius 3 is 2.35 bits per heavy atom. The molecule has 98 valence electrons. The van der Waals surface area contributed by atoms with Gasteiger partial charge in [-0.05, 0) is 49.6 Å². The van der Waals surface area contributed by atoms with Crippen LogP contribution in [0.4, 0.5) is 0 Å². The van der Waals surface area contributed by atoms with Crippen LogP contribution in [-0.2, 0) is 0 Å². The average Bonchev–Trinajstić information content (AvgIpc) is 2.75. The Morgan fingerprint density at radius 1 is 0.850 bits per heavy atom. The fraction of sp³-hybridized carbons (Fsp3) is 0.167. The third-order valence-corrected chi connectivity index (χ3v) is 4.10. The predicted octanol–water partition coefficient (Wildman–Crippen LogP) is 4.79. The summed E-state index contributed by atoms with van der Waals surface area (Å²) < 4.78 is 0. The lowest BCUT2D eigenvalue weighted by Gasteiger charge is -2.05. The molecule has 0 aliphatic heterocycles. The van der Waals surface area contributed by atoms with Crippen LogP contribution < -0.4 is 0 Å². The van der Waals surface area contributed by atoms with Crippen LogP contribution >= 0.6 is 0 Å². The highest BCUT2D eigenvalue weighted by Gasteiger charge is 2.11. The summed E-state index contributed by atoms with van der Waals surface area (Å²) in [5.74, 6) is 0. The second-order valence-corrected chi connectivity index (χ2v) is 5.66. The van der Waals surface area contributed by atoms with E-state index in [4.69, 9.17) is 4.98 Å². The van der Waals surface area contributed by atoms with Crippen molar-refractivity contribution in [3.05, 3.63) is 53.1 Å². The van der Waals surface area contributed by atoms with E-state index in [0.717, 1.165) is 11.2 Å². The maximum absolute atomic E-state index is 4.81. The van der Waals surface area contributed by atoms with Crippen LogP contribution in [0.2, 0.25) is 0 Å². The molecule has 0 atom stereocenters. The standard InChI is InChI=1S/C18H16N2/c1-10-4-6-13-12(3)17-14-7-5-11(2)9-16(14)20-18(17)19-15(13)8-10/h4-9H,1-3H3,(H,19,20).